The Morgan fingerprint density at radius 1 is 1.38 bits per heavy atom. The van der Waals surface area contributed by atoms with Crippen molar-refractivity contribution in [1.29, 1.82) is 0 Å². The first-order valence-electron chi connectivity index (χ1n) is 5.30. The van der Waals surface area contributed by atoms with E-state index in [4.69, 9.17) is 4.42 Å². The molecular formula is C10H17N3O3. The number of likely N-dealkylation sites (N-methyl/N-ethyl adjacent to an activating group) is 1. The number of ether oxygens (including phenoxy) is 1. The van der Waals surface area contributed by atoms with Crippen molar-refractivity contribution in [2.24, 2.45) is 0 Å². The highest BCUT2D eigenvalue weighted by molar-refractivity contribution is 5.71. The molecule has 0 saturated carbocycles. The van der Waals surface area contributed by atoms with E-state index in [1.807, 2.05) is 18.7 Å². The molecule has 0 radical (unpaired) electrons. The Hall–Kier alpha value is -1.43. The van der Waals surface area contributed by atoms with E-state index >= 15 is 0 Å². The molecule has 0 saturated heterocycles. The molecule has 1 aromatic rings. The van der Waals surface area contributed by atoms with E-state index in [-0.39, 0.29) is 12.5 Å². The molecule has 6 heteroatoms. The van der Waals surface area contributed by atoms with Crippen molar-refractivity contribution in [1.82, 2.24) is 15.1 Å². The Labute approximate surface area is 94.6 Å². The predicted molar refractivity (Wildman–Crippen MR) is 56.6 cm³/mol. The molecule has 0 spiro atoms. The summed E-state index contributed by atoms with van der Waals surface area (Å²) in [7, 11) is 1.37. The quantitative estimate of drug-likeness (QED) is 0.664. The van der Waals surface area contributed by atoms with Gasteiger partial charge in [0.05, 0.1) is 20.2 Å². The maximum atomic E-state index is 11.1. The Kier molecular flexibility index (Phi) is 4.91. The number of aromatic nitrogens is 2. The molecule has 0 aliphatic heterocycles. The number of hydrogen-bond donors (Lipinski definition) is 0. The number of methoxy groups -OCH3 is 1. The molecule has 1 aromatic heterocycles. The van der Waals surface area contributed by atoms with Gasteiger partial charge in [-0.1, -0.05) is 13.8 Å². The summed E-state index contributed by atoms with van der Waals surface area (Å²) < 4.78 is 9.96. The second kappa shape index (κ2) is 6.22. The van der Waals surface area contributed by atoms with Crippen LogP contribution in [0.1, 0.15) is 25.6 Å². The fourth-order valence-electron chi connectivity index (χ4n) is 1.21. The van der Waals surface area contributed by atoms with Gasteiger partial charge >= 0.3 is 5.97 Å². The maximum absolute atomic E-state index is 11.1. The summed E-state index contributed by atoms with van der Waals surface area (Å²) >= 11 is 0. The Bertz CT molecular complexity index is 338. The van der Waals surface area contributed by atoms with Crippen molar-refractivity contribution < 1.29 is 13.9 Å². The fourth-order valence-corrected chi connectivity index (χ4v) is 1.21. The molecule has 0 aromatic carbocycles. The zero-order valence-corrected chi connectivity index (χ0v) is 9.89. The monoisotopic (exact) mass is 227 g/mol. The molecule has 1 rings (SSSR count). The molecule has 1 heterocycles. The highest BCUT2D eigenvalue weighted by Gasteiger charge is 2.13. The van der Waals surface area contributed by atoms with E-state index in [0.717, 1.165) is 13.0 Å². The van der Waals surface area contributed by atoms with Gasteiger partial charge in [0.15, 0.2) is 0 Å². The topological polar surface area (TPSA) is 68.5 Å². The van der Waals surface area contributed by atoms with Gasteiger partial charge in [-0.25, -0.2) is 0 Å². The fraction of sp³-hybridized carbons (Fsp3) is 0.700. The lowest BCUT2D eigenvalue weighted by atomic mass is 10.4. The van der Waals surface area contributed by atoms with Crippen molar-refractivity contribution in [2.75, 3.05) is 20.2 Å². The van der Waals surface area contributed by atoms with E-state index in [2.05, 4.69) is 14.9 Å². The van der Waals surface area contributed by atoms with Crippen LogP contribution >= 0.6 is 0 Å². The van der Waals surface area contributed by atoms with Crippen LogP contribution in [0.25, 0.3) is 0 Å². The van der Waals surface area contributed by atoms with E-state index in [1.165, 1.54) is 7.11 Å². The molecule has 0 fully saturated rings. The standard InChI is InChI=1S/C10H17N3O3/c1-4-8-11-12-9(16-8)6-13(5-2)7-10(14)15-3/h4-7H2,1-3H3. The average Bonchev–Trinajstić information content (AvgIpc) is 2.75. The summed E-state index contributed by atoms with van der Waals surface area (Å²) in [6, 6.07) is 0. The second-order valence-electron chi connectivity index (χ2n) is 3.32. The summed E-state index contributed by atoms with van der Waals surface area (Å²) in [4.78, 5) is 13.0. The molecule has 90 valence electrons. The lowest BCUT2D eigenvalue weighted by Crippen LogP contribution is -2.30. The molecule has 0 atom stereocenters. The van der Waals surface area contributed by atoms with Gasteiger partial charge < -0.3 is 9.15 Å². The summed E-state index contributed by atoms with van der Waals surface area (Å²) in [5, 5.41) is 7.76. The van der Waals surface area contributed by atoms with Crippen LogP contribution in [0.3, 0.4) is 0 Å². The van der Waals surface area contributed by atoms with Crippen LogP contribution in [0, 0.1) is 0 Å². The molecule has 0 aliphatic carbocycles. The number of carbonyl (C=O) groups is 1. The summed E-state index contributed by atoms with van der Waals surface area (Å²) in [6.45, 7) is 5.33. The summed E-state index contributed by atoms with van der Waals surface area (Å²) in [5.41, 5.74) is 0. The van der Waals surface area contributed by atoms with Gasteiger partial charge in [-0.2, -0.15) is 0 Å². The SMILES string of the molecule is CCc1nnc(CN(CC)CC(=O)OC)o1. The second-order valence-corrected chi connectivity index (χ2v) is 3.32. The van der Waals surface area contributed by atoms with Crippen molar-refractivity contribution in [3.05, 3.63) is 11.8 Å². The number of esters is 1. The minimum atomic E-state index is -0.267. The molecule has 16 heavy (non-hydrogen) atoms. The van der Waals surface area contributed by atoms with E-state index in [0.29, 0.717) is 18.3 Å². The third kappa shape index (κ3) is 3.62. The van der Waals surface area contributed by atoms with Gasteiger partial charge in [0.2, 0.25) is 11.8 Å². The zero-order chi connectivity index (χ0) is 12.0. The van der Waals surface area contributed by atoms with Crippen LogP contribution in [-0.2, 0) is 22.5 Å². The third-order valence-corrected chi connectivity index (χ3v) is 2.20. The molecular weight excluding hydrogens is 210 g/mol. The van der Waals surface area contributed by atoms with Gasteiger partial charge in [0, 0.05) is 6.42 Å². The number of rotatable bonds is 6. The summed E-state index contributed by atoms with van der Waals surface area (Å²) in [6.07, 6.45) is 0.718. The van der Waals surface area contributed by atoms with Gasteiger partial charge in [0.1, 0.15) is 0 Å². The molecule has 6 nitrogen and oxygen atoms in total. The molecule has 0 unspecified atom stereocenters. The maximum Gasteiger partial charge on any atom is 0.319 e. The Morgan fingerprint density at radius 3 is 2.56 bits per heavy atom. The molecule has 0 aliphatic rings. The Balaban J connectivity index is 2.52. The number of hydrogen-bond acceptors (Lipinski definition) is 6. The minimum absolute atomic E-state index is 0.233. The lowest BCUT2D eigenvalue weighted by molar-refractivity contribution is -0.142. The average molecular weight is 227 g/mol. The van der Waals surface area contributed by atoms with Gasteiger partial charge in [-0.05, 0) is 6.54 Å². The van der Waals surface area contributed by atoms with Gasteiger partial charge in [-0.3, -0.25) is 9.69 Å². The summed E-state index contributed by atoms with van der Waals surface area (Å²) in [5.74, 6) is 0.879. The van der Waals surface area contributed by atoms with Crippen molar-refractivity contribution in [3.8, 4) is 0 Å². The normalized spacial score (nSPS) is 10.8. The van der Waals surface area contributed by atoms with Crippen LogP contribution in [-0.4, -0.2) is 41.3 Å². The Morgan fingerprint density at radius 2 is 2.06 bits per heavy atom. The minimum Gasteiger partial charge on any atom is -0.468 e. The van der Waals surface area contributed by atoms with E-state index in [9.17, 15) is 4.79 Å². The van der Waals surface area contributed by atoms with Crippen LogP contribution in [0.15, 0.2) is 4.42 Å². The van der Waals surface area contributed by atoms with Crippen LogP contribution in [0.4, 0.5) is 0 Å². The highest BCUT2D eigenvalue weighted by atomic mass is 16.5. The largest absolute Gasteiger partial charge is 0.468 e. The van der Waals surface area contributed by atoms with Gasteiger partial charge in [-0.15, -0.1) is 10.2 Å². The number of carbonyl (C=O) groups excluding carboxylic acids is 1. The molecule has 0 bridgehead atoms. The smallest absolute Gasteiger partial charge is 0.319 e. The molecule has 0 N–H and O–H groups in total. The number of nitrogens with zero attached hydrogens (tertiary/aromatic N) is 3. The van der Waals surface area contributed by atoms with E-state index in [1.54, 1.807) is 0 Å². The third-order valence-electron chi connectivity index (χ3n) is 2.20. The first-order chi connectivity index (χ1) is 7.69. The van der Waals surface area contributed by atoms with Crippen molar-refractivity contribution in [2.45, 2.75) is 26.8 Å². The van der Waals surface area contributed by atoms with E-state index < -0.39 is 0 Å². The first kappa shape index (κ1) is 12.6. The van der Waals surface area contributed by atoms with Crippen molar-refractivity contribution >= 4 is 5.97 Å². The first-order valence-corrected chi connectivity index (χ1v) is 5.30. The predicted octanol–water partition coefficient (Wildman–Crippen LogP) is 0.627. The van der Waals surface area contributed by atoms with Gasteiger partial charge in [0.25, 0.3) is 0 Å². The van der Waals surface area contributed by atoms with Crippen LogP contribution in [0.5, 0.6) is 0 Å². The molecule has 0 amide bonds. The number of aryl methyl sites for hydroxylation is 1. The van der Waals surface area contributed by atoms with Crippen LogP contribution in [0.2, 0.25) is 0 Å². The lowest BCUT2D eigenvalue weighted by Gasteiger charge is -2.16. The highest BCUT2D eigenvalue weighted by Crippen LogP contribution is 2.04. The van der Waals surface area contributed by atoms with Crippen molar-refractivity contribution in [3.63, 3.8) is 0 Å². The van der Waals surface area contributed by atoms with Crippen LogP contribution < -0.4 is 0 Å². The zero-order valence-electron chi connectivity index (χ0n) is 9.89.